The molecular formula is C11H14N2O. The number of anilines is 1. The molecule has 0 bridgehead atoms. The summed E-state index contributed by atoms with van der Waals surface area (Å²) in [6.07, 6.45) is 2.06. The molecule has 74 valence electrons. The van der Waals surface area contributed by atoms with Crippen molar-refractivity contribution in [1.29, 1.82) is 0 Å². The maximum atomic E-state index is 5.74. The van der Waals surface area contributed by atoms with Crippen LogP contribution in [0.25, 0.3) is 10.9 Å². The molecule has 2 aromatic rings. The highest BCUT2D eigenvalue weighted by atomic mass is 16.5. The highest BCUT2D eigenvalue weighted by Gasteiger charge is 2.00. The van der Waals surface area contributed by atoms with Gasteiger partial charge in [0.05, 0.1) is 12.1 Å². The lowest BCUT2D eigenvalue weighted by atomic mass is 10.2. The Hall–Kier alpha value is -1.48. The van der Waals surface area contributed by atoms with Gasteiger partial charge >= 0.3 is 0 Å². The third kappa shape index (κ3) is 1.59. The highest BCUT2D eigenvalue weighted by Crippen LogP contribution is 2.18. The van der Waals surface area contributed by atoms with Crippen molar-refractivity contribution in [2.75, 3.05) is 19.5 Å². The van der Waals surface area contributed by atoms with Crippen LogP contribution in [0.5, 0.6) is 0 Å². The van der Waals surface area contributed by atoms with E-state index in [1.54, 1.807) is 7.11 Å². The van der Waals surface area contributed by atoms with Crippen molar-refractivity contribution in [3.05, 3.63) is 30.5 Å². The Bertz CT molecular complexity index is 434. The molecule has 0 amide bonds. The van der Waals surface area contributed by atoms with E-state index in [0.717, 1.165) is 18.8 Å². The summed E-state index contributed by atoms with van der Waals surface area (Å²) in [6.45, 7) is 1.59. The van der Waals surface area contributed by atoms with Crippen LogP contribution in [0.2, 0.25) is 0 Å². The zero-order chi connectivity index (χ0) is 9.97. The van der Waals surface area contributed by atoms with Crippen LogP contribution in [-0.2, 0) is 11.3 Å². The first-order chi connectivity index (χ1) is 6.81. The minimum absolute atomic E-state index is 0.721. The normalized spacial score (nSPS) is 10.9. The maximum absolute atomic E-state index is 5.74. The number of rotatable bonds is 3. The minimum Gasteiger partial charge on any atom is -0.399 e. The predicted molar refractivity (Wildman–Crippen MR) is 58.2 cm³/mol. The average Bonchev–Trinajstić information content (AvgIpc) is 2.57. The van der Waals surface area contributed by atoms with Gasteiger partial charge in [0, 0.05) is 25.5 Å². The molecule has 0 aliphatic rings. The second-order valence-corrected chi connectivity index (χ2v) is 3.32. The van der Waals surface area contributed by atoms with Gasteiger partial charge in [0.15, 0.2) is 0 Å². The lowest BCUT2D eigenvalue weighted by molar-refractivity contribution is 0.188. The van der Waals surface area contributed by atoms with E-state index in [1.807, 2.05) is 18.2 Å². The Kier molecular flexibility index (Phi) is 2.41. The number of nitrogens with zero attached hydrogens (tertiary/aromatic N) is 1. The molecular weight excluding hydrogens is 176 g/mol. The zero-order valence-electron chi connectivity index (χ0n) is 8.23. The summed E-state index contributed by atoms with van der Waals surface area (Å²) in [5, 5.41) is 1.22. The molecule has 0 spiro atoms. The zero-order valence-corrected chi connectivity index (χ0v) is 8.23. The van der Waals surface area contributed by atoms with Crippen LogP contribution in [0.4, 0.5) is 5.69 Å². The van der Waals surface area contributed by atoms with Crippen LogP contribution in [-0.4, -0.2) is 18.3 Å². The molecule has 0 saturated carbocycles. The molecule has 1 aromatic carbocycles. The van der Waals surface area contributed by atoms with Gasteiger partial charge in [-0.1, -0.05) is 6.07 Å². The summed E-state index contributed by atoms with van der Waals surface area (Å²) in [5.41, 5.74) is 7.71. The van der Waals surface area contributed by atoms with Gasteiger partial charge in [-0.05, 0) is 23.6 Å². The van der Waals surface area contributed by atoms with E-state index in [9.17, 15) is 0 Å². The minimum atomic E-state index is 0.721. The van der Waals surface area contributed by atoms with Crippen LogP contribution in [0.15, 0.2) is 30.5 Å². The molecule has 0 aliphatic heterocycles. The van der Waals surface area contributed by atoms with E-state index in [2.05, 4.69) is 16.8 Å². The first-order valence-corrected chi connectivity index (χ1v) is 4.64. The molecule has 2 rings (SSSR count). The average molecular weight is 190 g/mol. The fourth-order valence-electron chi connectivity index (χ4n) is 1.59. The van der Waals surface area contributed by atoms with Crippen molar-refractivity contribution in [1.82, 2.24) is 4.57 Å². The molecule has 3 nitrogen and oxygen atoms in total. The lowest BCUT2D eigenvalue weighted by Gasteiger charge is -2.04. The molecule has 0 atom stereocenters. The van der Waals surface area contributed by atoms with Crippen molar-refractivity contribution in [3.63, 3.8) is 0 Å². The van der Waals surface area contributed by atoms with Crippen molar-refractivity contribution < 1.29 is 4.74 Å². The van der Waals surface area contributed by atoms with E-state index in [4.69, 9.17) is 10.5 Å². The van der Waals surface area contributed by atoms with E-state index in [-0.39, 0.29) is 0 Å². The molecule has 2 N–H and O–H groups in total. The maximum Gasteiger partial charge on any atom is 0.0641 e. The number of hydrogen-bond acceptors (Lipinski definition) is 2. The van der Waals surface area contributed by atoms with Gasteiger partial charge in [0.25, 0.3) is 0 Å². The molecule has 3 heteroatoms. The number of hydrogen-bond donors (Lipinski definition) is 1. The molecule has 0 saturated heterocycles. The van der Waals surface area contributed by atoms with Crippen LogP contribution >= 0.6 is 0 Å². The molecule has 1 heterocycles. The third-order valence-corrected chi connectivity index (χ3v) is 2.33. The van der Waals surface area contributed by atoms with Crippen molar-refractivity contribution in [2.45, 2.75) is 6.54 Å². The van der Waals surface area contributed by atoms with Gasteiger partial charge in [-0.3, -0.25) is 0 Å². The van der Waals surface area contributed by atoms with E-state index in [0.29, 0.717) is 0 Å². The number of nitrogen functional groups attached to an aromatic ring is 1. The standard InChI is InChI=1S/C11H14N2O/c1-14-7-6-13-5-4-9-2-3-10(12)8-11(9)13/h2-5,8H,6-7,12H2,1H3. The number of fused-ring (bicyclic) bond motifs is 1. The largest absolute Gasteiger partial charge is 0.399 e. The van der Waals surface area contributed by atoms with E-state index < -0.39 is 0 Å². The number of nitrogens with two attached hydrogens (primary N) is 1. The molecule has 0 fully saturated rings. The lowest BCUT2D eigenvalue weighted by Crippen LogP contribution is -2.02. The molecule has 0 aliphatic carbocycles. The number of ether oxygens (including phenoxy) is 1. The van der Waals surface area contributed by atoms with Crippen molar-refractivity contribution >= 4 is 16.6 Å². The summed E-state index contributed by atoms with van der Waals surface area (Å²) >= 11 is 0. The Labute approximate surface area is 83.1 Å². The third-order valence-electron chi connectivity index (χ3n) is 2.33. The highest BCUT2D eigenvalue weighted by molar-refractivity contribution is 5.83. The summed E-state index contributed by atoms with van der Waals surface area (Å²) in [7, 11) is 1.71. The summed E-state index contributed by atoms with van der Waals surface area (Å²) < 4.78 is 7.19. The number of methoxy groups -OCH3 is 1. The summed E-state index contributed by atoms with van der Waals surface area (Å²) in [5.74, 6) is 0. The van der Waals surface area contributed by atoms with E-state index in [1.165, 1.54) is 10.9 Å². The molecule has 0 unspecified atom stereocenters. The van der Waals surface area contributed by atoms with Crippen LogP contribution in [0.1, 0.15) is 0 Å². The Balaban J connectivity index is 2.40. The van der Waals surface area contributed by atoms with Gasteiger partial charge in [-0.25, -0.2) is 0 Å². The van der Waals surface area contributed by atoms with Crippen LogP contribution < -0.4 is 5.73 Å². The van der Waals surface area contributed by atoms with Crippen LogP contribution in [0.3, 0.4) is 0 Å². The summed E-state index contributed by atoms with van der Waals surface area (Å²) in [6, 6.07) is 8.03. The Morgan fingerprint density at radius 2 is 2.21 bits per heavy atom. The first-order valence-electron chi connectivity index (χ1n) is 4.64. The van der Waals surface area contributed by atoms with Gasteiger partial charge in [-0.15, -0.1) is 0 Å². The van der Waals surface area contributed by atoms with Gasteiger partial charge in [-0.2, -0.15) is 0 Å². The SMILES string of the molecule is COCCn1ccc2ccc(N)cc21. The molecule has 0 radical (unpaired) electrons. The second-order valence-electron chi connectivity index (χ2n) is 3.32. The van der Waals surface area contributed by atoms with Crippen molar-refractivity contribution in [2.24, 2.45) is 0 Å². The monoisotopic (exact) mass is 190 g/mol. The Morgan fingerprint density at radius 1 is 1.36 bits per heavy atom. The van der Waals surface area contributed by atoms with Gasteiger partial charge in [0.1, 0.15) is 0 Å². The smallest absolute Gasteiger partial charge is 0.0641 e. The molecule has 1 aromatic heterocycles. The van der Waals surface area contributed by atoms with E-state index >= 15 is 0 Å². The number of aromatic nitrogens is 1. The fourth-order valence-corrected chi connectivity index (χ4v) is 1.59. The van der Waals surface area contributed by atoms with Gasteiger partial charge < -0.3 is 15.0 Å². The fraction of sp³-hybridized carbons (Fsp3) is 0.273. The summed E-state index contributed by atoms with van der Waals surface area (Å²) in [4.78, 5) is 0. The second kappa shape index (κ2) is 3.72. The number of benzene rings is 1. The molecule has 14 heavy (non-hydrogen) atoms. The Morgan fingerprint density at radius 3 is 3.00 bits per heavy atom. The van der Waals surface area contributed by atoms with Crippen LogP contribution in [0, 0.1) is 0 Å². The predicted octanol–water partition coefficient (Wildman–Crippen LogP) is 1.87. The van der Waals surface area contributed by atoms with Crippen molar-refractivity contribution in [3.8, 4) is 0 Å². The first kappa shape index (κ1) is 9.09. The topological polar surface area (TPSA) is 40.2 Å². The quantitative estimate of drug-likeness (QED) is 0.750. The van der Waals surface area contributed by atoms with Gasteiger partial charge in [0.2, 0.25) is 0 Å².